The molecular weight excluding hydrogens is 292 g/mol. The van der Waals surface area contributed by atoms with Gasteiger partial charge in [-0.3, -0.25) is 9.59 Å². The van der Waals surface area contributed by atoms with E-state index in [1.54, 1.807) is 0 Å². The van der Waals surface area contributed by atoms with E-state index in [1.807, 2.05) is 13.8 Å². The van der Waals surface area contributed by atoms with Gasteiger partial charge in [0.15, 0.2) is 0 Å². The number of hydrogen-bond acceptors (Lipinski definition) is 3. The second kappa shape index (κ2) is 12.4. The maximum atomic E-state index is 11.7. The second-order valence-electron chi connectivity index (χ2n) is 7.23. The van der Waals surface area contributed by atoms with Crippen molar-refractivity contribution >= 4 is 11.9 Å². The molecule has 4 nitrogen and oxygen atoms in total. The predicted molar refractivity (Wildman–Crippen MR) is 93.4 cm³/mol. The summed E-state index contributed by atoms with van der Waals surface area (Å²) in [6, 6.07) is 0. The summed E-state index contributed by atoms with van der Waals surface area (Å²) in [5.41, 5.74) is -0.398. The van der Waals surface area contributed by atoms with Gasteiger partial charge in [0.25, 0.3) is 0 Å². The highest BCUT2D eigenvalue weighted by molar-refractivity contribution is 5.76. The van der Waals surface area contributed by atoms with Crippen molar-refractivity contribution in [2.45, 2.75) is 91.4 Å². The summed E-state index contributed by atoms with van der Waals surface area (Å²) in [5.74, 6) is -0.466. The van der Waals surface area contributed by atoms with Crippen LogP contribution < -0.4 is 0 Å². The Morgan fingerprint density at radius 3 is 1.78 bits per heavy atom. The number of carboxylic acid groups (broad SMARTS) is 1. The molecule has 4 heteroatoms. The summed E-state index contributed by atoms with van der Waals surface area (Å²) >= 11 is 0. The van der Waals surface area contributed by atoms with E-state index in [9.17, 15) is 9.59 Å². The fourth-order valence-electron chi connectivity index (χ4n) is 2.79. The molecule has 0 fully saturated rings. The van der Waals surface area contributed by atoms with E-state index in [0.29, 0.717) is 12.3 Å². The van der Waals surface area contributed by atoms with Crippen LogP contribution in [0.4, 0.5) is 0 Å². The first-order valence-corrected chi connectivity index (χ1v) is 9.12. The Bertz CT molecular complexity index is 336. The highest BCUT2D eigenvalue weighted by Gasteiger charge is 2.34. The van der Waals surface area contributed by atoms with E-state index in [4.69, 9.17) is 9.84 Å². The summed E-state index contributed by atoms with van der Waals surface area (Å²) in [7, 11) is 1.46. The van der Waals surface area contributed by atoms with Crippen LogP contribution in [0.15, 0.2) is 0 Å². The van der Waals surface area contributed by atoms with Crippen LogP contribution in [0.2, 0.25) is 0 Å². The van der Waals surface area contributed by atoms with Crippen LogP contribution in [0.1, 0.15) is 91.4 Å². The van der Waals surface area contributed by atoms with Gasteiger partial charge in [-0.05, 0) is 32.6 Å². The van der Waals surface area contributed by atoms with Crippen molar-refractivity contribution in [1.29, 1.82) is 0 Å². The maximum Gasteiger partial charge on any atom is 0.311 e. The van der Waals surface area contributed by atoms with Gasteiger partial charge in [-0.1, -0.05) is 58.3 Å². The Kier molecular flexibility index (Phi) is 11.8. The number of carbonyl (C=O) groups excluding carboxylic acids is 1. The Morgan fingerprint density at radius 1 is 0.913 bits per heavy atom. The average molecular weight is 328 g/mol. The van der Waals surface area contributed by atoms with Crippen molar-refractivity contribution in [2.24, 2.45) is 11.3 Å². The molecule has 0 saturated heterocycles. The largest absolute Gasteiger partial charge is 0.481 e. The van der Waals surface area contributed by atoms with E-state index in [2.05, 4.69) is 6.92 Å². The topological polar surface area (TPSA) is 63.6 Å². The molecule has 0 heterocycles. The Hall–Kier alpha value is -1.06. The van der Waals surface area contributed by atoms with Crippen molar-refractivity contribution in [3.8, 4) is 0 Å². The van der Waals surface area contributed by atoms with Crippen LogP contribution in [0.3, 0.4) is 0 Å². The molecule has 0 spiro atoms. The number of ether oxygens (including phenoxy) is 1. The molecule has 0 aromatic rings. The summed E-state index contributed by atoms with van der Waals surface area (Å²) in [6.45, 7) is 6.07. The number of aliphatic carboxylic acids is 1. The third-order valence-corrected chi connectivity index (χ3v) is 4.97. The molecule has 136 valence electrons. The van der Waals surface area contributed by atoms with Crippen molar-refractivity contribution in [2.75, 3.05) is 7.11 Å². The Labute approximate surface area is 142 Å². The molecule has 0 aromatic carbocycles. The van der Waals surface area contributed by atoms with Gasteiger partial charge in [0, 0.05) is 6.42 Å². The molecule has 1 N–H and O–H groups in total. The lowest BCUT2D eigenvalue weighted by molar-refractivity contribution is -0.153. The van der Waals surface area contributed by atoms with Gasteiger partial charge in [0.1, 0.15) is 0 Å². The number of methoxy groups -OCH3 is 1. The molecule has 0 aliphatic carbocycles. The molecule has 0 radical (unpaired) electrons. The minimum absolute atomic E-state index is 0.118. The quantitative estimate of drug-likeness (QED) is 0.352. The smallest absolute Gasteiger partial charge is 0.311 e. The number of unbranched alkanes of at least 4 members (excludes halogenated alkanes) is 8. The van der Waals surface area contributed by atoms with Crippen molar-refractivity contribution < 1.29 is 19.4 Å². The minimum atomic E-state index is -0.686. The first kappa shape index (κ1) is 21.9. The maximum absolute atomic E-state index is 11.7. The number of hydrogen-bond donors (Lipinski definition) is 1. The molecule has 0 bridgehead atoms. The van der Waals surface area contributed by atoms with E-state index in [-0.39, 0.29) is 5.97 Å². The summed E-state index contributed by atoms with van der Waals surface area (Å²) in [5, 5.41) is 8.54. The molecule has 23 heavy (non-hydrogen) atoms. The molecule has 0 aliphatic heterocycles. The average Bonchev–Trinajstić information content (AvgIpc) is 2.50. The minimum Gasteiger partial charge on any atom is -0.481 e. The van der Waals surface area contributed by atoms with Gasteiger partial charge in [0.2, 0.25) is 0 Å². The van der Waals surface area contributed by atoms with Gasteiger partial charge < -0.3 is 9.84 Å². The Balaban J connectivity index is 3.49. The number of carboxylic acids is 1. The lowest BCUT2D eigenvalue weighted by Crippen LogP contribution is -2.32. The molecule has 0 aliphatic rings. The summed E-state index contributed by atoms with van der Waals surface area (Å²) in [6.07, 6.45) is 11.7. The van der Waals surface area contributed by atoms with E-state index in [1.165, 1.54) is 45.6 Å². The number of rotatable bonds is 14. The van der Waals surface area contributed by atoms with E-state index in [0.717, 1.165) is 25.7 Å². The first-order valence-electron chi connectivity index (χ1n) is 9.12. The van der Waals surface area contributed by atoms with Crippen molar-refractivity contribution in [3.63, 3.8) is 0 Å². The van der Waals surface area contributed by atoms with Crippen LogP contribution in [-0.4, -0.2) is 24.2 Å². The fourth-order valence-corrected chi connectivity index (χ4v) is 2.79. The van der Waals surface area contributed by atoms with Gasteiger partial charge in [-0.2, -0.15) is 0 Å². The van der Waals surface area contributed by atoms with Crippen LogP contribution in [0.25, 0.3) is 0 Å². The zero-order chi connectivity index (χ0) is 17.7. The monoisotopic (exact) mass is 328 g/mol. The molecule has 0 aromatic heterocycles. The van der Waals surface area contributed by atoms with Crippen molar-refractivity contribution in [3.05, 3.63) is 0 Å². The normalized spacial score (nSPS) is 12.9. The predicted octanol–water partition coefficient (Wildman–Crippen LogP) is 5.20. The van der Waals surface area contributed by atoms with Crippen molar-refractivity contribution in [1.82, 2.24) is 0 Å². The number of carbonyl (C=O) groups is 2. The molecular formula is C19H36O4. The van der Waals surface area contributed by atoms with Crippen LogP contribution >= 0.6 is 0 Å². The first-order chi connectivity index (χ1) is 10.8. The van der Waals surface area contributed by atoms with Gasteiger partial charge >= 0.3 is 11.9 Å². The molecule has 0 rings (SSSR count). The molecule has 1 atom stereocenters. The lowest BCUT2D eigenvalue weighted by atomic mass is 9.77. The molecule has 0 saturated carbocycles. The van der Waals surface area contributed by atoms with Crippen LogP contribution in [-0.2, 0) is 14.3 Å². The highest BCUT2D eigenvalue weighted by Crippen LogP contribution is 2.32. The lowest BCUT2D eigenvalue weighted by Gasteiger charge is -2.28. The SMILES string of the molecule is COC(=O)C(C)(C)C(C)CCCCCCCCCCCC(=O)O. The highest BCUT2D eigenvalue weighted by atomic mass is 16.5. The van der Waals surface area contributed by atoms with Gasteiger partial charge in [-0.25, -0.2) is 0 Å². The third-order valence-electron chi connectivity index (χ3n) is 4.97. The summed E-state index contributed by atoms with van der Waals surface area (Å²) < 4.78 is 4.88. The zero-order valence-electron chi connectivity index (χ0n) is 15.5. The third kappa shape index (κ3) is 10.4. The van der Waals surface area contributed by atoms with Gasteiger partial charge in [0.05, 0.1) is 12.5 Å². The molecule has 1 unspecified atom stereocenters. The summed E-state index contributed by atoms with van der Waals surface area (Å²) in [4.78, 5) is 22.1. The second-order valence-corrected chi connectivity index (χ2v) is 7.23. The van der Waals surface area contributed by atoms with Gasteiger partial charge in [-0.15, -0.1) is 0 Å². The van der Waals surface area contributed by atoms with Crippen LogP contribution in [0.5, 0.6) is 0 Å². The zero-order valence-corrected chi connectivity index (χ0v) is 15.5. The van der Waals surface area contributed by atoms with E-state index < -0.39 is 11.4 Å². The van der Waals surface area contributed by atoms with Crippen LogP contribution in [0, 0.1) is 11.3 Å². The fraction of sp³-hybridized carbons (Fsp3) is 0.895. The standard InChI is InChI=1S/C19H36O4/c1-16(19(2,3)18(22)23-4)14-12-10-8-6-5-7-9-11-13-15-17(20)21/h16H,5-15H2,1-4H3,(H,20,21). The van der Waals surface area contributed by atoms with E-state index >= 15 is 0 Å². The molecule has 0 amide bonds. The Morgan fingerprint density at radius 2 is 1.35 bits per heavy atom. The number of esters is 1.